The zero-order chi connectivity index (χ0) is 13.0. The van der Waals surface area contributed by atoms with E-state index in [9.17, 15) is 0 Å². The predicted octanol–water partition coefficient (Wildman–Crippen LogP) is 2.59. The van der Waals surface area contributed by atoms with E-state index < -0.39 is 0 Å². The number of nitrogens with zero attached hydrogens (tertiary/aromatic N) is 2. The number of benzene rings is 1. The van der Waals surface area contributed by atoms with Crippen molar-refractivity contribution in [3.05, 3.63) is 41.2 Å². The lowest BCUT2D eigenvalue weighted by Crippen LogP contribution is -2.09. The molecular weight excluding hydrogens is 248 g/mol. The number of nitrogens with two attached hydrogens (primary N) is 1. The third-order valence-electron chi connectivity index (χ3n) is 2.78. The highest BCUT2D eigenvalue weighted by Gasteiger charge is 2.07. The topological polar surface area (TPSA) is 55.9 Å². The Morgan fingerprint density at radius 2 is 2.06 bits per heavy atom. The molecule has 1 aromatic heterocycles. The van der Waals surface area contributed by atoms with Crippen LogP contribution in [-0.2, 0) is 0 Å². The molecule has 0 atom stereocenters. The maximum atomic E-state index is 5.87. The number of halogens is 1. The summed E-state index contributed by atoms with van der Waals surface area (Å²) in [6, 6.07) is 7.62. The van der Waals surface area contributed by atoms with Crippen LogP contribution < -0.4 is 11.1 Å². The molecule has 0 unspecified atom stereocenters. The Kier molecular flexibility index (Phi) is 4.23. The molecule has 0 saturated heterocycles. The SMILES string of the molecule is Cc1c(NCCCN)cnn1-c1ccc(Cl)cc1. The van der Waals surface area contributed by atoms with Gasteiger partial charge in [-0.1, -0.05) is 11.6 Å². The first-order valence-electron chi connectivity index (χ1n) is 5.97. The van der Waals surface area contributed by atoms with E-state index >= 15 is 0 Å². The van der Waals surface area contributed by atoms with E-state index in [0.717, 1.165) is 35.1 Å². The lowest BCUT2D eigenvalue weighted by molar-refractivity contribution is 0.845. The quantitative estimate of drug-likeness (QED) is 0.816. The molecule has 2 rings (SSSR count). The van der Waals surface area contributed by atoms with E-state index in [-0.39, 0.29) is 0 Å². The summed E-state index contributed by atoms with van der Waals surface area (Å²) < 4.78 is 1.89. The van der Waals surface area contributed by atoms with Gasteiger partial charge in [0.1, 0.15) is 0 Å². The molecule has 18 heavy (non-hydrogen) atoms. The van der Waals surface area contributed by atoms with Gasteiger partial charge in [0, 0.05) is 11.6 Å². The second-order valence-corrected chi connectivity index (χ2v) is 4.54. The standard InChI is InChI=1S/C13H17ClN4/c1-10-13(16-8-2-7-15)9-17-18(10)12-5-3-11(14)4-6-12/h3-6,9,16H,2,7-8,15H2,1H3. The van der Waals surface area contributed by atoms with Gasteiger partial charge in [0.2, 0.25) is 0 Å². The van der Waals surface area contributed by atoms with Gasteiger partial charge in [-0.3, -0.25) is 0 Å². The fraction of sp³-hybridized carbons (Fsp3) is 0.308. The van der Waals surface area contributed by atoms with Crippen molar-refractivity contribution in [1.29, 1.82) is 0 Å². The second kappa shape index (κ2) is 5.89. The lowest BCUT2D eigenvalue weighted by atomic mass is 10.3. The van der Waals surface area contributed by atoms with Crippen LogP contribution in [0.5, 0.6) is 0 Å². The maximum absolute atomic E-state index is 5.87. The van der Waals surface area contributed by atoms with Crippen LogP contribution in [0.1, 0.15) is 12.1 Å². The molecule has 0 bridgehead atoms. The molecule has 3 N–H and O–H groups in total. The number of hydrogen-bond donors (Lipinski definition) is 2. The van der Waals surface area contributed by atoms with Gasteiger partial charge in [0.05, 0.1) is 23.3 Å². The van der Waals surface area contributed by atoms with Crippen molar-refractivity contribution < 1.29 is 0 Å². The fourth-order valence-electron chi connectivity index (χ4n) is 1.75. The molecule has 0 amide bonds. The average Bonchev–Trinajstić information content (AvgIpc) is 2.73. The summed E-state index contributed by atoms with van der Waals surface area (Å²) in [7, 11) is 0. The third-order valence-corrected chi connectivity index (χ3v) is 3.03. The number of nitrogens with one attached hydrogen (secondary N) is 1. The molecule has 4 nitrogen and oxygen atoms in total. The molecule has 5 heteroatoms. The predicted molar refractivity (Wildman–Crippen MR) is 75.5 cm³/mol. The van der Waals surface area contributed by atoms with Crippen LogP contribution in [0.2, 0.25) is 5.02 Å². The van der Waals surface area contributed by atoms with Crippen molar-refractivity contribution in [3.63, 3.8) is 0 Å². The smallest absolute Gasteiger partial charge is 0.0761 e. The molecule has 0 fully saturated rings. The fourth-order valence-corrected chi connectivity index (χ4v) is 1.88. The van der Waals surface area contributed by atoms with Crippen molar-refractivity contribution >= 4 is 17.3 Å². The highest BCUT2D eigenvalue weighted by Crippen LogP contribution is 2.19. The first kappa shape index (κ1) is 12.9. The summed E-state index contributed by atoms with van der Waals surface area (Å²) in [5.41, 5.74) is 8.59. The zero-order valence-corrected chi connectivity index (χ0v) is 11.1. The number of rotatable bonds is 5. The Morgan fingerprint density at radius 1 is 1.33 bits per heavy atom. The van der Waals surface area contributed by atoms with Gasteiger partial charge in [-0.15, -0.1) is 0 Å². The maximum Gasteiger partial charge on any atom is 0.0761 e. The summed E-state index contributed by atoms with van der Waals surface area (Å²) in [6.07, 6.45) is 2.78. The van der Waals surface area contributed by atoms with Crippen LogP contribution in [0.4, 0.5) is 5.69 Å². The number of aromatic nitrogens is 2. The van der Waals surface area contributed by atoms with E-state index in [4.69, 9.17) is 17.3 Å². The molecule has 0 aliphatic heterocycles. The highest BCUT2D eigenvalue weighted by molar-refractivity contribution is 6.30. The number of anilines is 1. The minimum absolute atomic E-state index is 0.692. The van der Waals surface area contributed by atoms with Crippen molar-refractivity contribution in [3.8, 4) is 5.69 Å². The Labute approximate surface area is 112 Å². The summed E-state index contributed by atoms with van der Waals surface area (Å²) in [5, 5.41) is 8.43. The van der Waals surface area contributed by atoms with Gasteiger partial charge >= 0.3 is 0 Å². The van der Waals surface area contributed by atoms with Gasteiger partial charge in [-0.05, 0) is 44.2 Å². The molecular formula is C13H17ClN4. The van der Waals surface area contributed by atoms with E-state index in [1.165, 1.54) is 0 Å². The van der Waals surface area contributed by atoms with Crippen molar-refractivity contribution in [2.75, 3.05) is 18.4 Å². The van der Waals surface area contributed by atoms with Crippen LogP contribution in [-0.4, -0.2) is 22.9 Å². The van der Waals surface area contributed by atoms with Gasteiger partial charge in [-0.25, -0.2) is 4.68 Å². The Balaban J connectivity index is 2.17. The first-order chi connectivity index (χ1) is 8.72. The second-order valence-electron chi connectivity index (χ2n) is 4.10. The van der Waals surface area contributed by atoms with Gasteiger partial charge in [-0.2, -0.15) is 5.10 Å². The third kappa shape index (κ3) is 2.83. The van der Waals surface area contributed by atoms with E-state index in [1.807, 2.05) is 42.1 Å². The van der Waals surface area contributed by atoms with E-state index in [2.05, 4.69) is 10.4 Å². The summed E-state index contributed by atoms with van der Waals surface area (Å²) in [6.45, 7) is 3.59. The monoisotopic (exact) mass is 264 g/mol. The number of hydrogen-bond acceptors (Lipinski definition) is 3. The van der Waals surface area contributed by atoms with Gasteiger partial charge in [0.15, 0.2) is 0 Å². The van der Waals surface area contributed by atoms with E-state index in [0.29, 0.717) is 6.54 Å². The Hall–Kier alpha value is -1.52. The molecule has 0 radical (unpaired) electrons. The van der Waals surface area contributed by atoms with Crippen LogP contribution in [0.25, 0.3) is 5.69 Å². The molecule has 1 heterocycles. The zero-order valence-electron chi connectivity index (χ0n) is 10.4. The minimum Gasteiger partial charge on any atom is -0.382 e. The van der Waals surface area contributed by atoms with Crippen LogP contribution >= 0.6 is 11.6 Å². The van der Waals surface area contributed by atoms with Gasteiger partial charge < -0.3 is 11.1 Å². The lowest BCUT2D eigenvalue weighted by Gasteiger charge is -2.07. The van der Waals surface area contributed by atoms with Crippen LogP contribution in [0.3, 0.4) is 0 Å². The minimum atomic E-state index is 0.692. The molecule has 1 aromatic carbocycles. The van der Waals surface area contributed by atoms with Crippen LogP contribution in [0, 0.1) is 6.92 Å². The average molecular weight is 265 g/mol. The normalized spacial score (nSPS) is 10.6. The van der Waals surface area contributed by atoms with Crippen molar-refractivity contribution in [1.82, 2.24) is 9.78 Å². The molecule has 0 aliphatic carbocycles. The van der Waals surface area contributed by atoms with Crippen molar-refractivity contribution in [2.45, 2.75) is 13.3 Å². The summed E-state index contributed by atoms with van der Waals surface area (Å²) >= 11 is 5.87. The summed E-state index contributed by atoms with van der Waals surface area (Å²) in [5.74, 6) is 0. The molecule has 0 spiro atoms. The summed E-state index contributed by atoms with van der Waals surface area (Å²) in [4.78, 5) is 0. The van der Waals surface area contributed by atoms with E-state index in [1.54, 1.807) is 0 Å². The van der Waals surface area contributed by atoms with Crippen molar-refractivity contribution in [2.24, 2.45) is 5.73 Å². The van der Waals surface area contributed by atoms with Crippen LogP contribution in [0.15, 0.2) is 30.5 Å². The Bertz CT molecular complexity index is 504. The molecule has 96 valence electrons. The highest BCUT2D eigenvalue weighted by atomic mass is 35.5. The Morgan fingerprint density at radius 3 is 2.72 bits per heavy atom. The first-order valence-corrected chi connectivity index (χ1v) is 6.34. The molecule has 2 aromatic rings. The van der Waals surface area contributed by atoms with Gasteiger partial charge in [0.25, 0.3) is 0 Å². The largest absolute Gasteiger partial charge is 0.382 e. The molecule has 0 aliphatic rings. The molecule has 0 saturated carbocycles.